The zero-order valence-electron chi connectivity index (χ0n) is 12.9. The maximum Gasteiger partial charge on any atom is -0.000463 e. The van der Waals surface area contributed by atoms with E-state index in [9.17, 15) is 0 Å². The summed E-state index contributed by atoms with van der Waals surface area (Å²) in [4.78, 5) is 0. The monoisotopic (exact) mass is 366 g/mol. The van der Waals surface area contributed by atoms with Crippen LogP contribution in [0.15, 0.2) is 0 Å². The first-order valence-electron chi connectivity index (χ1n) is 8.37. The van der Waals surface area contributed by atoms with Crippen LogP contribution in [0.5, 0.6) is 0 Å². The van der Waals surface area contributed by atoms with Crippen LogP contribution in [-0.4, -0.2) is 4.43 Å². The quantitative estimate of drug-likeness (QED) is 0.174. The van der Waals surface area contributed by atoms with E-state index in [4.69, 9.17) is 0 Å². The summed E-state index contributed by atoms with van der Waals surface area (Å²) in [6, 6.07) is 0. The molecule has 0 aliphatic rings. The van der Waals surface area contributed by atoms with Crippen molar-refractivity contribution in [3.05, 3.63) is 0 Å². The Morgan fingerprint density at radius 1 is 0.667 bits per heavy atom. The Morgan fingerprint density at radius 3 is 1.61 bits per heavy atom. The van der Waals surface area contributed by atoms with Gasteiger partial charge in [0.05, 0.1) is 0 Å². The van der Waals surface area contributed by atoms with Gasteiger partial charge >= 0.3 is 0 Å². The number of alkyl halides is 1. The highest BCUT2D eigenvalue weighted by molar-refractivity contribution is 14.1. The molecule has 0 nitrogen and oxygen atoms in total. The Kier molecular flexibility index (Phi) is 16.4. The van der Waals surface area contributed by atoms with Gasteiger partial charge in [0.1, 0.15) is 0 Å². The highest BCUT2D eigenvalue weighted by Crippen LogP contribution is 2.17. The third-order valence-corrected chi connectivity index (χ3v) is 4.64. The van der Waals surface area contributed by atoms with Gasteiger partial charge in [0.2, 0.25) is 0 Å². The van der Waals surface area contributed by atoms with Crippen molar-refractivity contribution in [3.63, 3.8) is 0 Å². The minimum absolute atomic E-state index is 0.966. The van der Waals surface area contributed by atoms with E-state index >= 15 is 0 Å². The lowest BCUT2D eigenvalue weighted by molar-refractivity contribution is 0.452. The molecule has 110 valence electrons. The number of hydrogen-bond donors (Lipinski definition) is 0. The third kappa shape index (κ3) is 14.8. The lowest BCUT2D eigenvalue weighted by Gasteiger charge is -2.09. The summed E-state index contributed by atoms with van der Waals surface area (Å²) >= 11 is 2.49. The first-order valence-corrected chi connectivity index (χ1v) is 9.89. The minimum atomic E-state index is 0.966. The van der Waals surface area contributed by atoms with Crippen LogP contribution in [0.3, 0.4) is 0 Å². The van der Waals surface area contributed by atoms with Crippen LogP contribution in [0.25, 0.3) is 0 Å². The SMILES string of the molecule is CCCCCCCCCCCCC(C)CCCI. The molecule has 1 unspecified atom stereocenters. The number of rotatable bonds is 14. The standard InChI is InChI=1S/C17H35I/c1-3-4-5-6-7-8-9-10-11-12-14-17(2)15-13-16-18/h17H,3-16H2,1-2H3. The molecule has 0 saturated heterocycles. The Morgan fingerprint density at radius 2 is 1.11 bits per heavy atom. The molecular weight excluding hydrogens is 331 g/mol. The average Bonchev–Trinajstić information content (AvgIpc) is 2.38. The molecule has 0 fully saturated rings. The largest absolute Gasteiger partial charge is 0.0864 e. The molecule has 0 bridgehead atoms. The van der Waals surface area contributed by atoms with Crippen LogP contribution in [0.4, 0.5) is 0 Å². The summed E-state index contributed by atoms with van der Waals surface area (Å²) < 4.78 is 1.33. The smallest absolute Gasteiger partial charge is 0.000463 e. The van der Waals surface area contributed by atoms with Crippen molar-refractivity contribution in [2.24, 2.45) is 5.92 Å². The molecule has 0 heterocycles. The van der Waals surface area contributed by atoms with Crippen molar-refractivity contribution in [1.82, 2.24) is 0 Å². The van der Waals surface area contributed by atoms with Gasteiger partial charge in [0.25, 0.3) is 0 Å². The van der Waals surface area contributed by atoms with E-state index in [1.807, 2.05) is 0 Å². The van der Waals surface area contributed by atoms with Crippen molar-refractivity contribution in [2.75, 3.05) is 4.43 Å². The molecule has 0 aromatic carbocycles. The summed E-state index contributed by atoms with van der Waals surface area (Å²) in [6.07, 6.45) is 18.9. The van der Waals surface area contributed by atoms with Gasteiger partial charge in [-0.05, 0) is 23.2 Å². The zero-order chi connectivity index (χ0) is 13.5. The molecule has 0 spiro atoms. The molecule has 0 saturated carbocycles. The molecule has 0 amide bonds. The molecule has 0 N–H and O–H groups in total. The second-order valence-corrected chi connectivity index (χ2v) is 6.99. The van der Waals surface area contributed by atoms with Gasteiger partial charge in [-0.3, -0.25) is 0 Å². The van der Waals surface area contributed by atoms with Crippen LogP contribution >= 0.6 is 22.6 Å². The zero-order valence-corrected chi connectivity index (χ0v) is 15.0. The van der Waals surface area contributed by atoms with Gasteiger partial charge in [-0.2, -0.15) is 0 Å². The van der Waals surface area contributed by atoms with Crippen molar-refractivity contribution in [2.45, 2.75) is 97.3 Å². The van der Waals surface area contributed by atoms with E-state index in [0.29, 0.717) is 0 Å². The topological polar surface area (TPSA) is 0 Å². The summed E-state index contributed by atoms with van der Waals surface area (Å²) in [6.45, 7) is 4.72. The molecule has 0 aromatic heterocycles. The lowest BCUT2D eigenvalue weighted by atomic mass is 9.98. The molecule has 0 radical (unpaired) electrons. The molecule has 0 aliphatic carbocycles. The predicted octanol–water partition coefficient (Wildman–Crippen LogP) is 7.15. The van der Waals surface area contributed by atoms with Gasteiger partial charge in [0.15, 0.2) is 0 Å². The van der Waals surface area contributed by atoms with Gasteiger partial charge in [-0.15, -0.1) is 0 Å². The Labute approximate surface area is 130 Å². The average molecular weight is 366 g/mol. The summed E-state index contributed by atoms with van der Waals surface area (Å²) in [5, 5.41) is 0. The van der Waals surface area contributed by atoms with E-state index in [2.05, 4.69) is 36.4 Å². The van der Waals surface area contributed by atoms with E-state index < -0.39 is 0 Å². The normalized spacial score (nSPS) is 12.8. The van der Waals surface area contributed by atoms with E-state index in [1.165, 1.54) is 87.9 Å². The molecule has 0 aromatic rings. The first-order chi connectivity index (χ1) is 8.81. The van der Waals surface area contributed by atoms with Gasteiger partial charge in [-0.25, -0.2) is 0 Å². The fourth-order valence-electron chi connectivity index (χ4n) is 2.55. The van der Waals surface area contributed by atoms with E-state index in [-0.39, 0.29) is 0 Å². The maximum atomic E-state index is 2.49. The predicted molar refractivity (Wildman–Crippen MR) is 93.7 cm³/mol. The van der Waals surface area contributed by atoms with Crippen LogP contribution in [0.1, 0.15) is 97.3 Å². The van der Waals surface area contributed by atoms with Crippen LogP contribution in [-0.2, 0) is 0 Å². The van der Waals surface area contributed by atoms with Crippen LogP contribution < -0.4 is 0 Å². The minimum Gasteiger partial charge on any atom is -0.0864 e. The van der Waals surface area contributed by atoms with Gasteiger partial charge in [0, 0.05) is 0 Å². The van der Waals surface area contributed by atoms with Crippen molar-refractivity contribution in [3.8, 4) is 0 Å². The Bertz CT molecular complexity index is 145. The van der Waals surface area contributed by atoms with E-state index in [0.717, 1.165) is 5.92 Å². The molecular formula is C17H35I. The van der Waals surface area contributed by atoms with Crippen LogP contribution in [0.2, 0.25) is 0 Å². The van der Waals surface area contributed by atoms with Gasteiger partial charge in [-0.1, -0.05) is 107 Å². The molecule has 18 heavy (non-hydrogen) atoms. The van der Waals surface area contributed by atoms with Crippen molar-refractivity contribution >= 4 is 22.6 Å². The van der Waals surface area contributed by atoms with Crippen molar-refractivity contribution < 1.29 is 0 Å². The summed E-state index contributed by atoms with van der Waals surface area (Å²) in [5.74, 6) is 0.966. The Balaban J connectivity index is 3.02. The Hall–Kier alpha value is 0.730. The fourth-order valence-corrected chi connectivity index (χ4v) is 2.99. The highest BCUT2D eigenvalue weighted by atomic mass is 127. The number of halogens is 1. The third-order valence-electron chi connectivity index (χ3n) is 3.88. The maximum absolute atomic E-state index is 2.49. The molecule has 0 rings (SSSR count). The van der Waals surface area contributed by atoms with Gasteiger partial charge < -0.3 is 0 Å². The lowest BCUT2D eigenvalue weighted by Crippen LogP contribution is -1.95. The fraction of sp³-hybridized carbons (Fsp3) is 1.00. The van der Waals surface area contributed by atoms with Crippen molar-refractivity contribution in [1.29, 1.82) is 0 Å². The summed E-state index contributed by atoms with van der Waals surface area (Å²) in [5.41, 5.74) is 0. The molecule has 1 heteroatoms. The second-order valence-electron chi connectivity index (χ2n) is 5.91. The number of hydrogen-bond acceptors (Lipinski definition) is 0. The number of unbranched alkanes of at least 4 members (excludes halogenated alkanes) is 9. The second kappa shape index (κ2) is 15.8. The molecule has 0 aliphatic heterocycles. The molecule has 1 atom stereocenters. The van der Waals surface area contributed by atoms with E-state index in [1.54, 1.807) is 0 Å². The first kappa shape index (κ1) is 18.7. The summed E-state index contributed by atoms with van der Waals surface area (Å²) in [7, 11) is 0. The van der Waals surface area contributed by atoms with Crippen LogP contribution in [0, 0.1) is 5.92 Å². The highest BCUT2D eigenvalue weighted by Gasteiger charge is 2.01.